The van der Waals surface area contributed by atoms with E-state index in [4.69, 9.17) is 4.74 Å². The summed E-state index contributed by atoms with van der Waals surface area (Å²) in [5.41, 5.74) is 2.64. The van der Waals surface area contributed by atoms with Gasteiger partial charge in [-0.25, -0.2) is 13.2 Å². The van der Waals surface area contributed by atoms with E-state index < -0.39 is 46.7 Å². The van der Waals surface area contributed by atoms with Crippen LogP contribution in [0.4, 0.5) is 29.3 Å². The molecular formula is C28H21BrF3N3O5S. The first-order valence-electron chi connectivity index (χ1n) is 11.9. The molecule has 4 rings (SSSR count). The molecule has 41 heavy (non-hydrogen) atoms. The Bertz CT molecular complexity index is 1600. The Morgan fingerprint density at radius 2 is 1.59 bits per heavy atom. The quantitative estimate of drug-likeness (QED) is 0.224. The van der Waals surface area contributed by atoms with Crippen molar-refractivity contribution in [3.05, 3.63) is 92.1 Å². The molecule has 1 fully saturated rings. The second-order valence-electron chi connectivity index (χ2n) is 8.86. The second kappa shape index (κ2) is 12.6. The van der Waals surface area contributed by atoms with Crippen LogP contribution >= 0.6 is 27.7 Å². The van der Waals surface area contributed by atoms with Gasteiger partial charge in [0.25, 0.3) is 17.1 Å². The first-order chi connectivity index (χ1) is 19.4. The van der Waals surface area contributed by atoms with Crippen LogP contribution in [0.1, 0.15) is 16.7 Å². The monoisotopic (exact) mass is 647 g/mol. The van der Waals surface area contributed by atoms with E-state index in [1.54, 1.807) is 24.3 Å². The average Bonchev–Trinajstić information content (AvgIpc) is 3.18. The predicted octanol–water partition coefficient (Wildman–Crippen LogP) is 6.18. The van der Waals surface area contributed by atoms with Gasteiger partial charge in [0.15, 0.2) is 24.1 Å². The Morgan fingerprint density at radius 3 is 2.29 bits per heavy atom. The van der Waals surface area contributed by atoms with Gasteiger partial charge in [-0.05, 0) is 101 Å². The molecule has 0 radical (unpaired) electrons. The molecule has 8 nitrogen and oxygen atoms in total. The van der Waals surface area contributed by atoms with Gasteiger partial charge in [-0.2, -0.15) is 0 Å². The number of nitrogens with zero attached hydrogens (tertiary/aromatic N) is 1. The van der Waals surface area contributed by atoms with E-state index >= 15 is 0 Å². The molecule has 1 heterocycles. The molecule has 0 atom stereocenters. The van der Waals surface area contributed by atoms with Gasteiger partial charge in [-0.1, -0.05) is 12.1 Å². The molecule has 1 aliphatic rings. The van der Waals surface area contributed by atoms with E-state index in [0.717, 1.165) is 21.7 Å². The van der Waals surface area contributed by atoms with Crippen LogP contribution in [0, 0.1) is 31.3 Å². The summed E-state index contributed by atoms with van der Waals surface area (Å²) in [6.45, 7) is 2.91. The molecule has 0 aliphatic carbocycles. The van der Waals surface area contributed by atoms with Crippen molar-refractivity contribution in [2.75, 3.05) is 23.8 Å². The van der Waals surface area contributed by atoms with Crippen LogP contribution in [0.3, 0.4) is 0 Å². The van der Waals surface area contributed by atoms with E-state index in [9.17, 15) is 32.3 Å². The summed E-state index contributed by atoms with van der Waals surface area (Å²) < 4.78 is 46.6. The van der Waals surface area contributed by atoms with Crippen molar-refractivity contribution in [2.24, 2.45) is 0 Å². The molecule has 212 valence electrons. The van der Waals surface area contributed by atoms with Crippen molar-refractivity contribution in [1.82, 2.24) is 4.90 Å². The average molecular weight is 648 g/mol. The SMILES string of the molecule is Cc1cc(Br)c(NC(=O)COc2ccc(/C=C3/SC(=O)N(CC(=O)Nc4ccc(F)c(F)c4F)C3=O)cc2)cc1C. The van der Waals surface area contributed by atoms with Crippen LogP contribution in [0.2, 0.25) is 0 Å². The van der Waals surface area contributed by atoms with Crippen LogP contribution in [0.5, 0.6) is 5.75 Å². The summed E-state index contributed by atoms with van der Waals surface area (Å²) in [7, 11) is 0. The minimum absolute atomic E-state index is 0.0359. The molecule has 3 aromatic rings. The number of amides is 4. The first-order valence-corrected chi connectivity index (χ1v) is 13.5. The van der Waals surface area contributed by atoms with Gasteiger partial charge in [0.05, 0.1) is 16.3 Å². The second-order valence-corrected chi connectivity index (χ2v) is 10.7. The fourth-order valence-corrected chi connectivity index (χ4v) is 5.01. The van der Waals surface area contributed by atoms with Crippen molar-refractivity contribution < 1.29 is 37.1 Å². The van der Waals surface area contributed by atoms with Gasteiger partial charge >= 0.3 is 0 Å². The highest BCUT2D eigenvalue weighted by Crippen LogP contribution is 2.32. The Kier molecular flexibility index (Phi) is 9.18. The summed E-state index contributed by atoms with van der Waals surface area (Å²) in [5, 5.41) is 4.06. The van der Waals surface area contributed by atoms with Crippen molar-refractivity contribution in [3.8, 4) is 5.75 Å². The molecule has 4 amide bonds. The largest absolute Gasteiger partial charge is 0.484 e. The number of carbonyl (C=O) groups is 4. The fourth-order valence-electron chi connectivity index (χ4n) is 3.62. The van der Waals surface area contributed by atoms with Gasteiger partial charge in [-0.15, -0.1) is 0 Å². The fraction of sp³-hybridized carbons (Fsp3) is 0.143. The van der Waals surface area contributed by atoms with E-state index in [1.165, 1.54) is 6.08 Å². The third kappa shape index (κ3) is 7.16. The zero-order valence-corrected chi connectivity index (χ0v) is 23.9. The molecule has 0 aromatic heterocycles. The van der Waals surface area contributed by atoms with E-state index in [-0.39, 0.29) is 17.4 Å². The number of hydrogen-bond donors (Lipinski definition) is 2. The number of thioether (sulfide) groups is 1. The van der Waals surface area contributed by atoms with Gasteiger partial charge < -0.3 is 15.4 Å². The molecule has 0 saturated carbocycles. The molecule has 1 aliphatic heterocycles. The van der Waals surface area contributed by atoms with Crippen molar-refractivity contribution >= 4 is 68.1 Å². The van der Waals surface area contributed by atoms with Gasteiger partial charge in [0, 0.05) is 4.47 Å². The number of carbonyl (C=O) groups excluding carboxylic acids is 4. The number of ether oxygens (including phenoxy) is 1. The normalized spacial score (nSPS) is 14.0. The number of hydrogen-bond acceptors (Lipinski definition) is 6. The molecule has 13 heteroatoms. The first kappa shape index (κ1) is 29.9. The summed E-state index contributed by atoms with van der Waals surface area (Å²) in [4.78, 5) is 50.3. The zero-order valence-electron chi connectivity index (χ0n) is 21.5. The molecule has 0 unspecified atom stereocenters. The Balaban J connectivity index is 1.33. The van der Waals surface area contributed by atoms with E-state index in [0.29, 0.717) is 39.7 Å². The maximum Gasteiger partial charge on any atom is 0.294 e. The molecule has 2 N–H and O–H groups in total. The molecule has 3 aromatic carbocycles. The molecular weight excluding hydrogens is 627 g/mol. The summed E-state index contributed by atoms with van der Waals surface area (Å²) in [6.07, 6.45) is 1.44. The highest BCUT2D eigenvalue weighted by atomic mass is 79.9. The Morgan fingerprint density at radius 1 is 0.927 bits per heavy atom. The third-order valence-corrected chi connectivity index (χ3v) is 7.45. The summed E-state index contributed by atoms with van der Waals surface area (Å²) in [6, 6.07) is 11.6. The maximum atomic E-state index is 13.8. The van der Waals surface area contributed by atoms with Crippen LogP contribution in [0.25, 0.3) is 6.08 Å². The van der Waals surface area contributed by atoms with Gasteiger partial charge in [0.2, 0.25) is 5.91 Å². The number of halogens is 4. The minimum atomic E-state index is -1.76. The molecule has 0 spiro atoms. The third-order valence-electron chi connectivity index (χ3n) is 5.89. The predicted molar refractivity (Wildman–Crippen MR) is 152 cm³/mol. The molecule has 0 bridgehead atoms. The lowest BCUT2D eigenvalue weighted by atomic mass is 10.1. The van der Waals surface area contributed by atoms with E-state index in [2.05, 4.69) is 21.2 Å². The topological polar surface area (TPSA) is 105 Å². The minimum Gasteiger partial charge on any atom is -0.484 e. The highest BCUT2D eigenvalue weighted by Gasteiger charge is 2.36. The summed E-state index contributed by atoms with van der Waals surface area (Å²) in [5.74, 6) is -6.49. The number of nitrogens with one attached hydrogen (secondary N) is 2. The Hall–Kier alpha value is -4.10. The van der Waals surface area contributed by atoms with Gasteiger partial charge in [-0.3, -0.25) is 24.1 Å². The van der Waals surface area contributed by atoms with Crippen LogP contribution < -0.4 is 15.4 Å². The lowest BCUT2D eigenvalue weighted by molar-refractivity contribution is -0.127. The lowest BCUT2D eigenvalue weighted by Gasteiger charge is -2.13. The summed E-state index contributed by atoms with van der Waals surface area (Å²) >= 11 is 4.03. The lowest BCUT2D eigenvalue weighted by Crippen LogP contribution is -2.36. The Labute approximate surface area is 245 Å². The molecule has 1 saturated heterocycles. The number of aryl methyl sites for hydroxylation is 2. The standard InChI is InChI=1S/C28H21BrF3N3O5S/c1-14-9-18(29)21(10-15(14)2)34-24(37)13-40-17-5-3-16(4-6-17)11-22-27(38)35(28(39)41-22)12-23(36)33-20-8-7-19(30)25(31)26(20)32/h3-11H,12-13H2,1-2H3,(H,33,36)(H,34,37)/b22-11+. The maximum absolute atomic E-state index is 13.8. The zero-order chi connectivity index (χ0) is 29.8. The van der Waals surface area contributed by atoms with Crippen LogP contribution in [0.15, 0.2) is 57.9 Å². The van der Waals surface area contributed by atoms with Gasteiger partial charge in [0.1, 0.15) is 12.3 Å². The smallest absolute Gasteiger partial charge is 0.294 e. The van der Waals surface area contributed by atoms with Crippen LogP contribution in [-0.2, 0) is 14.4 Å². The number of benzene rings is 3. The van der Waals surface area contributed by atoms with Crippen molar-refractivity contribution in [2.45, 2.75) is 13.8 Å². The van der Waals surface area contributed by atoms with Crippen molar-refractivity contribution in [1.29, 1.82) is 0 Å². The highest BCUT2D eigenvalue weighted by molar-refractivity contribution is 9.10. The number of imide groups is 1. The van der Waals surface area contributed by atoms with E-state index in [1.807, 2.05) is 31.3 Å². The number of anilines is 2. The van der Waals surface area contributed by atoms with Crippen molar-refractivity contribution in [3.63, 3.8) is 0 Å². The number of rotatable bonds is 8. The van der Waals surface area contributed by atoms with Crippen LogP contribution in [-0.4, -0.2) is 41.0 Å².